The highest BCUT2D eigenvalue weighted by Gasteiger charge is 2.26. The fourth-order valence-corrected chi connectivity index (χ4v) is 4.18. The lowest BCUT2D eigenvalue weighted by atomic mass is 9.74. The maximum absolute atomic E-state index is 11.2. The zero-order valence-electron chi connectivity index (χ0n) is 12.3. The van der Waals surface area contributed by atoms with Crippen LogP contribution in [0.25, 0.3) is 0 Å². The molecule has 0 saturated heterocycles. The summed E-state index contributed by atoms with van der Waals surface area (Å²) in [4.78, 5) is 11.2. The first-order valence-corrected chi connectivity index (χ1v) is 8.50. The number of rotatable bonds is 2. The molecule has 2 atom stereocenters. The molecule has 19 heavy (non-hydrogen) atoms. The predicted molar refractivity (Wildman–Crippen MR) is 78.1 cm³/mol. The van der Waals surface area contributed by atoms with Crippen LogP contribution in [0, 0.1) is 17.8 Å². The average molecular weight is 266 g/mol. The minimum atomic E-state index is -0.557. The third kappa shape index (κ3) is 4.81. The highest BCUT2D eigenvalue weighted by Crippen LogP contribution is 2.36. The van der Waals surface area contributed by atoms with Crippen LogP contribution in [0.2, 0.25) is 0 Å². The lowest BCUT2D eigenvalue weighted by molar-refractivity contribution is -0.142. The van der Waals surface area contributed by atoms with Gasteiger partial charge in [-0.15, -0.1) is 0 Å². The average Bonchev–Trinajstić information content (AvgIpc) is 2.29. The van der Waals surface area contributed by atoms with Gasteiger partial charge in [-0.2, -0.15) is 0 Å². The van der Waals surface area contributed by atoms with Crippen LogP contribution in [0.3, 0.4) is 0 Å². The van der Waals surface area contributed by atoms with E-state index in [1.807, 2.05) is 0 Å². The van der Waals surface area contributed by atoms with E-state index in [1.165, 1.54) is 64.2 Å². The number of hydrogen-bond donors (Lipinski definition) is 1. The topological polar surface area (TPSA) is 37.3 Å². The monoisotopic (exact) mass is 266 g/mol. The standard InChI is InChI=1S/C17H30O2/c18-17(19)16-11-7-6-10-15(12-13-16)14-8-4-2-1-3-5-9-14/h14-16H,1-13H2,(H,18,19). The van der Waals surface area contributed by atoms with E-state index in [1.54, 1.807) is 0 Å². The van der Waals surface area contributed by atoms with Crippen LogP contribution in [-0.4, -0.2) is 11.1 Å². The van der Waals surface area contributed by atoms with Crippen molar-refractivity contribution < 1.29 is 9.90 Å². The molecule has 0 aliphatic heterocycles. The fraction of sp³-hybridized carbons (Fsp3) is 0.941. The van der Waals surface area contributed by atoms with Gasteiger partial charge in [-0.05, 0) is 31.1 Å². The molecule has 2 aliphatic carbocycles. The largest absolute Gasteiger partial charge is 0.481 e. The van der Waals surface area contributed by atoms with Crippen LogP contribution >= 0.6 is 0 Å². The van der Waals surface area contributed by atoms with Crippen molar-refractivity contribution in [1.82, 2.24) is 0 Å². The van der Waals surface area contributed by atoms with Gasteiger partial charge in [-0.1, -0.05) is 64.2 Å². The van der Waals surface area contributed by atoms with Crippen molar-refractivity contribution in [3.05, 3.63) is 0 Å². The van der Waals surface area contributed by atoms with Crippen molar-refractivity contribution in [1.29, 1.82) is 0 Å². The molecule has 0 aromatic carbocycles. The number of aliphatic carboxylic acids is 1. The van der Waals surface area contributed by atoms with Gasteiger partial charge in [0.05, 0.1) is 5.92 Å². The Morgan fingerprint density at radius 1 is 0.632 bits per heavy atom. The van der Waals surface area contributed by atoms with Crippen molar-refractivity contribution in [3.8, 4) is 0 Å². The molecule has 2 unspecified atom stereocenters. The van der Waals surface area contributed by atoms with Gasteiger partial charge in [-0.25, -0.2) is 0 Å². The first-order valence-electron chi connectivity index (χ1n) is 8.50. The predicted octanol–water partition coefficient (Wildman–Crippen LogP) is 5.02. The summed E-state index contributed by atoms with van der Waals surface area (Å²) in [6.45, 7) is 0. The van der Waals surface area contributed by atoms with Gasteiger partial charge in [0.15, 0.2) is 0 Å². The molecule has 110 valence electrons. The SMILES string of the molecule is O=C(O)C1CCCCC(C2CCCCCCC2)CC1. The Morgan fingerprint density at radius 2 is 1.11 bits per heavy atom. The van der Waals surface area contributed by atoms with E-state index < -0.39 is 5.97 Å². The number of carbonyl (C=O) groups is 1. The molecular formula is C17H30O2. The summed E-state index contributed by atoms with van der Waals surface area (Å²) in [5, 5.41) is 9.23. The fourth-order valence-electron chi connectivity index (χ4n) is 4.18. The van der Waals surface area contributed by atoms with Crippen LogP contribution in [0.1, 0.15) is 83.5 Å². The van der Waals surface area contributed by atoms with Gasteiger partial charge in [0, 0.05) is 0 Å². The molecule has 0 bridgehead atoms. The molecule has 2 nitrogen and oxygen atoms in total. The van der Waals surface area contributed by atoms with Crippen molar-refractivity contribution in [2.75, 3.05) is 0 Å². The van der Waals surface area contributed by atoms with Crippen molar-refractivity contribution >= 4 is 5.97 Å². The van der Waals surface area contributed by atoms with Crippen molar-refractivity contribution in [2.24, 2.45) is 17.8 Å². The Morgan fingerprint density at radius 3 is 1.74 bits per heavy atom. The molecule has 2 rings (SSSR count). The zero-order valence-corrected chi connectivity index (χ0v) is 12.3. The molecule has 0 spiro atoms. The summed E-state index contributed by atoms with van der Waals surface area (Å²) in [5.41, 5.74) is 0. The van der Waals surface area contributed by atoms with E-state index in [9.17, 15) is 9.90 Å². The Balaban J connectivity index is 1.87. The van der Waals surface area contributed by atoms with Crippen LogP contribution in [0.15, 0.2) is 0 Å². The van der Waals surface area contributed by atoms with Gasteiger partial charge >= 0.3 is 5.97 Å². The van der Waals surface area contributed by atoms with Gasteiger partial charge in [0.2, 0.25) is 0 Å². The second-order valence-corrected chi connectivity index (χ2v) is 6.76. The number of carboxylic acid groups (broad SMARTS) is 1. The molecule has 0 aromatic heterocycles. The van der Waals surface area contributed by atoms with Crippen molar-refractivity contribution in [2.45, 2.75) is 83.5 Å². The first kappa shape index (κ1) is 14.9. The summed E-state index contributed by atoms with van der Waals surface area (Å²) in [6, 6.07) is 0. The van der Waals surface area contributed by atoms with Crippen molar-refractivity contribution in [3.63, 3.8) is 0 Å². The molecule has 2 aliphatic rings. The molecule has 0 amide bonds. The minimum Gasteiger partial charge on any atom is -0.481 e. The second kappa shape index (κ2) is 7.91. The van der Waals surface area contributed by atoms with Gasteiger partial charge in [0.25, 0.3) is 0 Å². The smallest absolute Gasteiger partial charge is 0.306 e. The molecule has 0 radical (unpaired) electrons. The van der Waals surface area contributed by atoms with Crippen LogP contribution < -0.4 is 0 Å². The lowest BCUT2D eigenvalue weighted by Gasteiger charge is -2.31. The zero-order chi connectivity index (χ0) is 13.5. The maximum atomic E-state index is 11.2. The third-order valence-corrected chi connectivity index (χ3v) is 5.43. The Bertz CT molecular complexity index is 266. The molecule has 0 heterocycles. The Kier molecular flexibility index (Phi) is 6.19. The van der Waals surface area contributed by atoms with Crippen LogP contribution in [0.4, 0.5) is 0 Å². The normalized spacial score (nSPS) is 31.8. The maximum Gasteiger partial charge on any atom is 0.306 e. The van der Waals surface area contributed by atoms with E-state index in [4.69, 9.17) is 0 Å². The minimum absolute atomic E-state index is 0.0589. The van der Waals surface area contributed by atoms with Gasteiger partial charge in [-0.3, -0.25) is 4.79 Å². The molecule has 0 aromatic rings. The Hall–Kier alpha value is -0.530. The lowest BCUT2D eigenvalue weighted by Crippen LogP contribution is -2.22. The van der Waals surface area contributed by atoms with E-state index in [-0.39, 0.29) is 5.92 Å². The van der Waals surface area contributed by atoms with Gasteiger partial charge < -0.3 is 5.11 Å². The second-order valence-electron chi connectivity index (χ2n) is 6.76. The molecule has 2 heteroatoms. The van der Waals surface area contributed by atoms with E-state index in [0.717, 1.165) is 31.1 Å². The number of hydrogen-bond acceptors (Lipinski definition) is 1. The van der Waals surface area contributed by atoms with Crippen LogP contribution in [0.5, 0.6) is 0 Å². The summed E-state index contributed by atoms with van der Waals surface area (Å²) >= 11 is 0. The molecule has 2 saturated carbocycles. The first-order chi connectivity index (χ1) is 9.27. The molecular weight excluding hydrogens is 236 g/mol. The van der Waals surface area contributed by atoms with E-state index in [0.29, 0.717) is 0 Å². The number of carboxylic acids is 1. The quantitative estimate of drug-likeness (QED) is 0.762. The summed E-state index contributed by atoms with van der Waals surface area (Å²) in [5.74, 6) is 1.10. The summed E-state index contributed by atoms with van der Waals surface area (Å²) in [7, 11) is 0. The molecule has 2 fully saturated rings. The third-order valence-electron chi connectivity index (χ3n) is 5.43. The highest BCUT2D eigenvalue weighted by atomic mass is 16.4. The Labute approximate surface area is 118 Å². The van der Waals surface area contributed by atoms with Gasteiger partial charge in [0.1, 0.15) is 0 Å². The van der Waals surface area contributed by atoms with E-state index in [2.05, 4.69) is 0 Å². The summed E-state index contributed by atoms with van der Waals surface area (Å²) in [6.07, 6.45) is 16.6. The molecule has 1 N–H and O–H groups in total. The van der Waals surface area contributed by atoms with Crippen LogP contribution in [-0.2, 0) is 4.79 Å². The summed E-state index contributed by atoms with van der Waals surface area (Å²) < 4.78 is 0. The highest BCUT2D eigenvalue weighted by molar-refractivity contribution is 5.69. The van der Waals surface area contributed by atoms with E-state index >= 15 is 0 Å².